The van der Waals surface area contributed by atoms with E-state index in [1.807, 2.05) is 0 Å². The smallest absolute Gasteiger partial charge is 0.262 e. The number of aromatic carboxylic acids is 1. The SMILES string of the molecule is Cc1ccc(F)c(NS(=O)(=O)c2cc(C(=O)[O-])ccc2C)c1. The minimum absolute atomic E-state index is 0.196. The molecule has 0 saturated heterocycles. The molecule has 2 aromatic carbocycles. The Labute approximate surface area is 127 Å². The van der Waals surface area contributed by atoms with Gasteiger partial charge in [-0.25, -0.2) is 12.8 Å². The summed E-state index contributed by atoms with van der Waals surface area (Å²) in [5, 5.41) is 10.9. The lowest BCUT2D eigenvalue weighted by Crippen LogP contribution is -2.23. The number of nitrogens with one attached hydrogen (secondary N) is 1. The number of carboxylic acids is 1. The molecule has 116 valence electrons. The van der Waals surface area contributed by atoms with Crippen LogP contribution in [0, 0.1) is 19.7 Å². The summed E-state index contributed by atoms with van der Waals surface area (Å²) in [6, 6.07) is 7.60. The van der Waals surface area contributed by atoms with E-state index in [2.05, 4.69) is 4.72 Å². The highest BCUT2D eigenvalue weighted by Gasteiger charge is 2.19. The van der Waals surface area contributed by atoms with Crippen molar-refractivity contribution in [2.45, 2.75) is 18.7 Å². The molecule has 0 aliphatic rings. The fourth-order valence-corrected chi connectivity index (χ4v) is 3.26. The van der Waals surface area contributed by atoms with Gasteiger partial charge in [0.1, 0.15) is 5.82 Å². The minimum Gasteiger partial charge on any atom is -0.545 e. The zero-order chi connectivity index (χ0) is 16.5. The average Bonchev–Trinajstić information content (AvgIpc) is 2.42. The molecule has 2 rings (SSSR count). The van der Waals surface area contributed by atoms with E-state index in [9.17, 15) is 22.7 Å². The molecule has 0 aliphatic heterocycles. The molecular weight excluding hydrogens is 309 g/mol. The Morgan fingerprint density at radius 2 is 1.82 bits per heavy atom. The number of hydrogen-bond donors (Lipinski definition) is 1. The van der Waals surface area contributed by atoms with Crippen LogP contribution in [0.1, 0.15) is 21.5 Å². The van der Waals surface area contributed by atoms with Gasteiger partial charge in [0.2, 0.25) is 0 Å². The number of anilines is 1. The highest BCUT2D eigenvalue weighted by atomic mass is 32.2. The second-order valence-electron chi connectivity index (χ2n) is 4.86. The molecule has 7 heteroatoms. The first kappa shape index (κ1) is 16.0. The molecular formula is C15H13FNO4S-. The van der Waals surface area contributed by atoms with Crippen LogP contribution >= 0.6 is 0 Å². The van der Waals surface area contributed by atoms with Crippen molar-refractivity contribution >= 4 is 21.7 Å². The quantitative estimate of drug-likeness (QED) is 0.926. The third kappa shape index (κ3) is 3.25. The Hall–Kier alpha value is -2.41. The summed E-state index contributed by atoms with van der Waals surface area (Å²) in [4.78, 5) is 10.6. The molecule has 0 spiro atoms. The largest absolute Gasteiger partial charge is 0.545 e. The van der Waals surface area contributed by atoms with Crippen molar-refractivity contribution in [2.75, 3.05) is 4.72 Å². The van der Waals surface area contributed by atoms with Crippen LogP contribution < -0.4 is 9.83 Å². The van der Waals surface area contributed by atoms with Crippen molar-refractivity contribution in [3.05, 3.63) is 58.9 Å². The molecule has 0 unspecified atom stereocenters. The van der Waals surface area contributed by atoms with Crippen molar-refractivity contribution in [2.24, 2.45) is 0 Å². The number of benzene rings is 2. The lowest BCUT2D eigenvalue weighted by atomic mass is 10.1. The van der Waals surface area contributed by atoms with Gasteiger partial charge in [0.05, 0.1) is 16.6 Å². The van der Waals surface area contributed by atoms with Gasteiger partial charge in [-0.15, -0.1) is 0 Å². The maximum atomic E-state index is 13.7. The van der Waals surface area contributed by atoms with Crippen molar-refractivity contribution < 1.29 is 22.7 Å². The lowest BCUT2D eigenvalue weighted by molar-refractivity contribution is -0.255. The molecule has 22 heavy (non-hydrogen) atoms. The average molecular weight is 322 g/mol. The summed E-state index contributed by atoms with van der Waals surface area (Å²) in [6.45, 7) is 3.21. The van der Waals surface area contributed by atoms with E-state index in [-0.39, 0.29) is 16.1 Å². The van der Waals surface area contributed by atoms with Crippen LogP contribution in [0.5, 0.6) is 0 Å². The molecule has 1 N–H and O–H groups in total. The van der Waals surface area contributed by atoms with E-state index in [1.165, 1.54) is 31.2 Å². The predicted molar refractivity (Wildman–Crippen MR) is 77.5 cm³/mol. The number of rotatable bonds is 4. The fourth-order valence-electron chi connectivity index (χ4n) is 1.93. The Morgan fingerprint density at radius 3 is 2.45 bits per heavy atom. The number of carboxylic acid groups (broad SMARTS) is 1. The molecule has 0 radical (unpaired) electrons. The molecule has 0 aliphatic carbocycles. The van der Waals surface area contributed by atoms with Crippen molar-refractivity contribution in [1.29, 1.82) is 0 Å². The first-order valence-corrected chi connectivity index (χ1v) is 7.80. The first-order chi connectivity index (χ1) is 10.2. The zero-order valence-electron chi connectivity index (χ0n) is 11.9. The summed E-state index contributed by atoms with van der Waals surface area (Å²) >= 11 is 0. The number of halogens is 1. The van der Waals surface area contributed by atoms with Crippen LogP contribution in [-0.4, -0.2) is 14.4 Å². The van der Waals surface area contributed by atoms with Gasteiger partial charge in [0.25, 0.3) is 10.0 Å². The van der Waals surface area contributed by atoms with Crippen LogP contribution in [0.2, 0.25) is 0 Å². The maximum absolute atomic E-state index is 13.7. The predicted octanol–water partition coefficient (Wildman–Crippen LogP) is 1.61. The normalized spacial score (nSPS) is 11.2. The molecule has 0 atom stereocenters. The van der Waals surface area contributed by atoms with Crippen LogP contribution in [0.15, 0.2) is 41.3 Å². The van der Waals surface area contributed by atoms with Gasteiger partial charge in [-0.05, 0) is 48.7 Å². The molecule has 0 fully saturated rings. The van der Waals surface area contributed by atoms with Crippen LogP contribution in [0.25, 0.3) is 0 Å². The van der Waals surface area contributed by atoms with E-state index in [4.69, 9.17) is 0 Å². The van der Waals surface area contributed by atoms with E-state index in [0.29, 0.717) is 11.1 Å². The Morgan fingerprint density at radius 1 is 1.14 bits per heavy atom. The molecule has 0 amide bonds. The summed E-state index contributed by atoms with van der Waals surface area (Å²) in [7, 11) is -4.12. The van der Waals surface area contributed by atoms with Crippen LogP contribution in [0.4, 0.5) is 10.1 Å². The molecule has 0 bridgehead atoms. The summed E-state index contributed by atoms with van der Waals surface area (Å²) in [5.74, 6) is -2.21. The number of sulfonamides is 1. The molecule has 0 heterocycles. The zero-order valence-corrected chi connectivity index (χ0v) is 12.7. The van der Waals surface area contributed by atoms with E-state index >= 15 is 0 Å². The molecule has 0 saturated carbocycles. The third-order valence-corrected chi connectivity index (χ3v) is 4.59. The monoisotopic (exact) mass is 322 g/mol. The number of carbonyl (C=O) groups excluding carboxylic acids is 1. The van der Waals surface area contributed by atoms with Crippen molar-refractivity contribution in [3.8, 4) is 0 Å². The lowest BCUT2D eigenvalue weighted by Gasteiger charge is -2.13. The fraction of sp³-hybridized carbons (Fsp3) is 0.133. The van der Waals surface area contributed by atoms with Crippen LogP contribution in [0.3, 0.4) is 0 Å². The van der Waals surface area contributed by atoms with Gasteiger partial charge in [-0.3, -0.25) is 4.72 Å². The van der Waals surface area contributed by atoms with Crippen molar-refractivity contribution in [3.63, 3.8) is 0 Å². The van der Waals surface area contributed by atoms with Crippen molar-refractivity contribution in [1.82, 2.24) is 0 Å². The first-order valence-electron chi connectivity index (χ1n) is 6.31. The minimum atomic E-state index is -4.12. The van der Waals surface area contributed by atoms with Gasteiger partial charge in [0.15, 0.2) is 0 Å². The topological polar surface area (TPSA) is 86.3 Å². The van der Waals surface area contributed by atoms with Gasteiger partial charge >= 0.3 is 0 Å². The third-order valence-electron chi connectivity index (χ3n) is 3.08. The second kappa shape index (κ2) is 5.76. The Balaban J connectivity index is 2.49. The van der Waals surface area contributed by atoms with Gasteiger partial charge in [-0.2, -0.15) is 0 Å². The van der Waals surface area contributed by atoms with E-state index < -0.39 is 21.8 Å². The van der Waals surface area contributed by atoms with Gasteiger partial charge in [0, 0.05) is 0 Å². The summed E-state index contributed by atoms with van der Waals surface area (Å²) in [6.07, 6.45) is 0. The molecule has 5 nitrogen and oxygen atoms in total. The maximum Gasteiger partial charge on any atom is 0.262 e. The van der Waals surface area contributed by atoms with E-state index in [1.54, 1.807) is 6.92 Å². The number of hydrogen-bond acceptors (Lipinski definition) is 4. The second-order valence-corrected chi connectivity index (χ2v) is 6.51. The van der Waals surface area contributed by atoms with Gasteiger partial charge in [-0.1, -0.05) is 18.2 Å². The Kier molecular flexibility index (Phi) is 4.18. The number of carbonyl (C=O) groups is 1. The van der Waals surface area contributed by atoms with Crippen LogP contribution in [-0.2, 0) is 10.0 Å². The highest BCUT2D eigenvalue weighted by Crippen LogP contribution is 2.23. The summed E-state index contributed by atoms with van der Waals surface area (Å²) < 4.78 is 40.6. The van der Waals surface area contributed by atoms with Gasteiger partial charge < -0.3 is 9.90 Å². The molecule has 2 aromatic rings. The summed E-state index contributed by atoms with van der Waals surface area (Å²) in [5.41, 5.74) is 0.554. The van der Waals surface area contributed by atoms with E-state index in [0.717, 1.165) is 12.1 Å². The Bertz CT molecular complexity index is 847. The highest BCUT2D eigenvalue weighted by molar-refractivity contribution is 7.92. The molecule has 0 aromatic heterocycles. The number of aryl methyl sites for hydroxylation is 2. The standard InChI is InChI=1S/C15H14FNO4S/c1-9-3-6-12(16)13(7-9)17-22(20,21)14-8-11(15(18)19)5-4-10(14)2/h3-8,17H,1-2H3,(H,18,19)/p-1.